The van der Waals surface area contributed by atoms with Crippen molar-refractivity contribution in [1.82, 2.24) is 20.1 Å². The van der Waals surface area contributed by atoms with Gasteiger partial charge in [-0.3, -0.25) is 9.48 Å². The second-order valence-electron chi connectivity index (χ2n) is 5.19. The maximum absolute atomic E-state index is 12.1. The van der Waals surface area contributed by atoms with E-state index in [2.05, 4.69) is 20.7 Å². The molecule has 21 heavy (non-hydrogen) atoms. The summed E-state index contributed by atoms with van der Waals surface area (Å²) in [5.74, 6) is 0.105. The van der Waals surface area contributed by atoms with E-state index in [4.69, 9.17) is 5.73 Å². The molecule has 3 rings (SSSR count). The Morgan fingerprint density at radius 3 is 3.05 bits per heavy atom. The molecule has 0 aromatic carbocycles. The minimum Gasteiger partial charge on any atom is -0.382 e. The Morgan fingerprint density at radius 2 is 2.38 bits per heavy atom. The van der Waals surface area contributed by atoms with Gasteiger partial charge < -0.3 is 16.4 Å². The van der Waals surface area contributed by atoms with Crippen LogP contribution >= 0.6 is 11.3 Å². The highest BCUT2D eigenvalue weighted by Crippen LogP contribution is 2.30. The van der Waals surface area contributed by atoms with Gasteiger partial charge in [-0.2, -0.15) is 5.10 Å². The van der Waals surface area contributed by atoms with Gasteiger partial charge in [-0.05, 0) is 25.3 Å². The Kier molecular flexibility index (Phi) is 3.78. The first-order valence-corrected chi connectivity index (χ1v) is 7.73. The fraction of sp³-hybridized carbons (Fsp3) is 0.462. The number of hydrogen-bond donors (Lipinski definition) is 3. The van der Waals surface area contributed by atoms with Gasteiger partial charge in [0.1, 0.15) is 10.7 Å². The van der Waals surface area contributed by atoms with E-state index in [9.17, 15) is 4.79 Å². The van der Waals surface area contributed by atoms with Crippen LogP contribution < -0.4 is 16.4 Å². The molecule has 8 heteroatoms. The molecule has 1 aliphatic carbocycles. The molecule has 0 bridgehead atoms. The average molecular weight is 306 g/mol. The lowest BCUT2D eigenvalue weighted by Gasteiger charge is -2.04. The smallest absolute Gasteiger partial charge is 0.265 e. The molecular weight excluding hydrogens is 288 g/mol. The van der Waals surface area contributed by atoms with Gasteiger partial charge in [-0.15, -0.1) is 0 Å². The van der Waals surface area contributed by atoms with E-state index < -0.39 is 0 Å². The summed E-state index contributed by atoms with van der Waals surface area (Å²) in [5.41, 5.74) is 6.91. The SMILES string of the molecule is Cc1cnn(CCNC(=O)c2sc(NC3CC3)nc2N)c1. The molecular formula is C13H18N6OS. The van der Waals surface area contributed by atoms with Gasteiger partial charge in [0.25, 0.3) is 5.91 Å². The molecule has 1 aliphatic rings. The van der Waals surface area contributed by atoms with Gasteiger partial charge in [0, 0.05) is 18.8 Å². The molecule has 0 atom stereocenters. The van der Waals surface area contributed by atoms with E-state index in [0.29, 0.717) is 24.0 Å². The summed E-state index contributed by atoms with van der Waals surface area (Å²) in [6.07, 6.45) is 6.04. The number of nitrogen functional groups attached to an aromatic ring is 1. The number of amides is 1. The summed E-state index contributed by atoms with van der Waals surface area (Å²) in [7, 11) is 0. The third-order valence-corrected chi connectivity index (χ3v) is 4.15. The zero-order valence-corrected chi connectivity index (χ0v) is 12.6. The highest BCUT2D eigenvalue weighted by molar-refractivity contribution is 7.18. The third kappa shape index (κ3) is 3.52. The number of nitrogens with zero attached hydrogens (tertiary/aromatic N) is 3. The molecule has 0 saturated heterocycles. The lowest BCUT2D eigenvalue weighted by Crippen LogP contribution is -2.27. The van der Waals surface area contributed by atoms with Crippen LogP contribution in [0.25, 0.3) is 0 Å². The highest BCUT2D eigenvalue weighted by atomic mass is 32.1. The molecule has 2 aromatic heterocycles. The lowest BCUT2D eigenvalue weighted by atomic mass is 10.4. The van der Waals surface area contributed by atoms with E-state index in [1.54, 1.807) is 10.9 Å². The zero-order valence-electron chi connectivity index (χ0n) is 11.8. The van der Waals surface area contributed by atoms with Crippen molar-refractivity contribution in [2.45, 2.75) is 32.4 Å². The number of thiazole rings is 1. The molecule has 1 amide bonds. The van der Waals surface area contributed by atoms with Crippen molar-refractivity contribution in [3.8, 4) is 0 Å². The van der Waals surface area contributed by atoms with Crippen LogP contribution in [0.4, 0.5) is 10.9 Å². The molecule has 0 aliphatic heterocycles. The monoisotopic (exact) mass is 306 g/mol. The van der Waals surface area contributed by atoms with Crippen molar-refractivity contribution < 1.29 is 4.79 Å². The number of anilines is 2. The Labute approximate surface area is 126 Å². The molecule has 2 heterocycles. The summed E-state index contributed by atoms with van der Waals surface area (Å²) >= 11 is 1.30. The first kappa shape index (κ1) is 13.9. The quantitative estimate of drug-likeness (QED) is 0.746. The summed E-state index contributed by atoms with van der Waals surface area (Å²) in [4.78, 5) is 16.8. The minimum absolute atomic E-state index is 0.183. The first-order valence-electron chi connectivity index (χ1n) is 6.92. The maximum Gasteiger partial charge on any atom is 0.265 e. The Hall–Kier alpha value is -2.09. The topological polar surface area (TPSA) is 97.9 Å². The first-order chi connectivity index (χ1) is 10.1. The largest absolute Gasteiger partial charge is 0.382 e. The van der Waals surface area contributed by atoms with Crippen LogP contribution in [0.15, 0.2) is 12.4 Å². The number of nitrogens with two attached hydrogens (primary N) is 1. The van der Waals surface area contributed by atoms with E-state index in [-0.39, 0.29) is 11.7 Å². The number of nitrogens with one attached hydrogen (secondary N) is 2. The fourth-order valence-corrected chi connectivity index (χ4v) is 2.79. The average Bonchev–Trinajstić information content (AvgIpc) is 3.03. The third-order valence-electron chi connectivity index (χ3n) is 3.15. The Bertz CT molecular complexity index is 645. The van der Waals surface area contributed by atoms with Crippen LogP contribution in [-0.2, 0) is 6.54 Å². The van der Waals surface area contributed by atoms with Gasteiger partial charge in [-0.25, -0.2) is 4.98 Å². The number of aryl methyl sites for hydroxylation is 1. The molecule has 0 radical (unpaired) electrons. The minimum atomic E-state index is -0.183. The lowest BCUT2D eigenvalue weighted by molar-refractivity contribution is 0.0956. The van der Waals surface area contributed by atoms with Gasteiger partial charge in [0.05, 0.1) is 12.7 Å². The number of carbonyl (C=O) groups excluding carboxylic acids is 1. The van der Waals surface area contributed by atoms with Crippen molar-refractivity contribution in [1.29, 1.82) is 0 Å². The normalized spacial score (nSPS) is 14.1. The van der Waals surface area contributed by atoms with Crippen molar-refractivity contribution >= 4 is 28.2 Å². The summed E-state index contributed by atoms with van der Waals surface area (Å²) in [6, 6.07) is 0.495. The fourth-order valence-electron chi connectivity index (χ4n) is 1.91. The van der Waals surface area contributed by atoms with E-state index >= 15 is 0 Å². The molecule has 112 valence electrons. The molecule has 7 nitrogen and oxygen atoms in total. The second-order valence-corrected chi connectivity index (χ2v) is 6.19. The summed E-state index contributed by atoms with van der Waals surface area (Å²) in [6.45, 7) is 3.11. The summed E-state index contributed by atoms with van der Waals surface area (Å²) < 4.78 is 1.80. The molecule has 1 saturated carbocycles. The van der Waals surface area contributed by atoms with E-state index in [0.717, 1.165) is 23.5 Å². The maximum atomic E-state index is 12.1. The van der Waals surface area contributed by atoms with Crippen LogP contribution in [-0.4, -0.2) is 33.3 Å². The second kappa shape index (κ2) is 5.72. The predicted octanol–water partition coefficient (Wildman–Crippen LogP) is 1.23. The Balaban J connectivity index is 1.53. The van der Waals surface area contributed by atoms with Gasteiger partial charge in [0.15, 0.2) is 5.13 Å². The summed E-state index contributed by atoms with van der Waals surface area (Å²) in [5, 5.41) is 11.0. The van der Waals surface area contributed by atoms with Crippen molar-refractivity contribution in [3.63, 3.8) is 0 Å². The van der Waals surface area contributed by atoms with Crippen LogP contribution in [0.3, 0.4) is 0 Å². The zero-order chi connectivity index (χ0) is 14.8. The standard InChI is InChI=1S/C13H18N6OS/c1-8-6-16-19(7-8)5-4-15-12(20)10-11(14)18-13(21-10)17-9-2-3-9/h6-7,9H,2-5,14H2,1H3,(H,15,20)(H,17,18). The van der Waals surface area contributed by atoms with Crippen LogP contribution in [0, 0.1) is 6.92 Å². The molecule has 4 N–H and O–H groups in total. The number of hydrogen-bond acceptors (Lipinski definition) is 6. The molecule has 0 unspecified atom stereocenters. The van der Waals surface area contributed by atoms with Gasteiger partial charge >= 0.3 is 0 Å². The molecule has 1 fully saturated rings. The predicted molar refractivity (Wildman–Crippen MR) is 82.5 cm³/mol. The van der Waals surface area contributed by atoms with Crippen LogP contribution in [0.1, 0.15) is 28.1 Å². The van der Waals surface area contributed by atoms with Crippen molar-refractivity contribution in [2.24, 2.45) is 0 Å². The number of aromatic nitrogens is 3. The van der Waals surface area contributed by atoms with E-state index in [1.165, 1.54) is 11.3 Å². The van der Waals surface area contributed by atoms with E-state index in [1.807, 2.05) is 13.1 Å². The van der Waals surface area contributed by atoms with Crippen molar-refractivity contribution in [2.75, 3.05) is 17.6 Å². The van der Waals surface area contributed by atoms with Crippen LogP contribution in [0.2, 0.25) is 0 Å². The number of rotatable bonds is 6. The van der Waals surface area contributed by atoms with Crippen LogP contribution in [0.5, 0.6) is 0 Å². The Morgan fingerprint density at radius 1 is 1.57 bits per heavy atom. The van der Waals surface area contributed by atoms with Crippen molar-refractivity contribution in [3.05, 3.63) is 22.8 Å². The molecule has 0 spiro atoms. The molecule has 2 aromatic rings. The van der Waals surface area contributed by atoms with Gasteiger partial charge in [-0.1, -0.05) is 11.3 Å². The number of carbonyl (C=O) groups is 1. The highest BCUT2D eigenvalue weighted by Gasteiger charge is 2.24. The van der Waals surface area contributed by atoms with Gasteiger partial charge in [0.2, 0.25) is 0 Å².